The highest BCUT2D eigenvalue weighted by Gasteiger charge is 2.19. The molecule has 2 rings (SSSR count). The summed E-state index contributed by atoms with van der Waals surface area (Å²) in [7, 11) is -3.45. The Morgan fingerprint density at radius 1 is 1.40 bits per heavy atom. The summed E-state index contributed by atoms with van der Waals surface area (Å²) in [6.45, 7) is 5.33. The first-order valence-corrected chi connectivity index (χ1v) is 9.25. The molecule has 114 valence electrons. The molecule has 1 aromatic heterocycles. The zero-order valence-electron chi connectivity index (χ0n) is 11.8. The zero-order chi connectivity index (χ0) is 14.6. The molecule has 0 atom stereocenters. The van der Waals surface area contributed by atoms with Crippen molar-refractivity contribution in [2.75, 3.05) is 26.2 Å². The minimum Gasteiger partial charge on any atom is -0.391 e. The Kier molecular flexibility index (Phi) is 5.57. The highest BCUT2D eigenvalue weighted by Crippen LogP contribution is 2.25. The van der Waals surface area contributed by atoms with Crippen molar-refractivity contribution in [2.24, 2.45) is 0 Å². The molecule has 0 bridgehead atoms. The molecular formula is C13H22N2O3S2. The number of hydrogen-bond acceptors (Lipinski definition) is 5. The minimum absolute atomic E-state index is 0.115. The van der Waals surface area contributed by atoms with Crippen LogP contribution in [0.3, 0.4) is 0 Å². The Morgan fingerprint density at radius 3 is 2.70 bits per heavy atom. The molecule has 1 aliphatic rings. The predicted molar refractivity (Wildman–Crippen MR) is 80.5 cm³/mol. The van der Waals surface area contributed by atoms with Gasteiger partial charge in [-0.2, -0.15) is 0 Å². The number of sulfonamides is 1. The molecule has 0 spiro atoms. The van der Waals surface area contributed by atoms with Crippen molar-refractivity contribution in [1.82, 2.24) is 9.62 Å². The number of thiophene rings is 1. The Labute approximate surface area is 124 Å². The first-order chi connectivity index (χ1) is 9.53. The summed E-state index contributed by atoms with van der Waals surface area (Å²) >= 11 is 1.32. The summed E-state index contributed by atoms with van der Waals surface area (Å²) in [5.74, 6) is 0. The van der Waals surface area contributed by atoms with E-state index >= 15 is 0 Å². The van der Waals surface area contributed by atoms with Gasteiger partial charge in [0.25, 0.3) is 0 Å². The van der Waals surface area contributed by atoms with Gasteiger partial charge >= 0.3 is 0 Å². The molecule has 1 aliphatic heterocycles. The van der Waals surface area contributed by atoms with Crippen LogP contribution in [0.15, 0.2) is 11.0 Å². The maximum atomic E-state index is 12.2. The lowest BCUT2D eigenvalue weighted by Crippen LogP contribution is -2.28. The van der Waals surface area contributed by atoms with Crippen LogP contribution in [-0.4, -0.2) is 44.6 Å². The first-order valence-electron chi connectivity index (χ1n) is 6.95. The van der Waals surface area contributed by atoms with Crippen LogP contribution in [0.4, 0.5) is 0 Å². The van der Waals surface area contributed by atoms with E-state index in [0.717, 1.165) is 30.9 Å². The second-order valence-electron chi connectivity index (χ2n) is 5.09. The quantitative estimate of drug-likeness (QED) is 0.744. The van der Waals surface area contributed by atoms with E-state index in [4.69, 9.17) is 5.11 Å². The number of hydrogen-bond donors (Lipinski definition) is 2. The normalized spacial score (nSPS) is 16.9. The fourth-order valence-corrected chi connectivity index (χ4v) is 5.03. The maximum absolute atomic E-state index is 12.2. The van der Waals surface area contributed by atoms with E-state index < -0.39 is 10.0 Å². The van der Waals surface area contributed by atoms with Crippen LogP contribution in [0.5, 0.6) is 0 Å². The van der Waals surface area contributed by atoms with Crippen molar-refractivity contribution in [3.8, 4) is 0 Å². The molecule has 0 saturated carbocycles. The number of aryl methyl sites for hydroxylation is 1. The van der Waals surface area contributed by atoms with Gasteiger partial charge in [-0.15, -0.1) is 11.3 Å². The summed E-state index contributed by atoms with van der Waals surface area (Å²) in [5.41, 5.74) is 0. The Hall–Kier alpha value is -0.470. The average Bonchev–Trinajstić information content (AvgIpc) is 3.04. The van der Waals surface area contributed by atoms with E-state index in [9.17, 15) is 8.42 Å². The van der Waals surface area contributed by atoms with Crippen LogP contribution in [0, 0.1) is 6.92 Å². The summed E-state index contributed by atoms with van der Waals surface area (Å²) in [6, 6.07) is 1.56. The predicted octanol–water partition coefficient (Wildman–Crippen LogP) is 1.31. The average molecular weight is 318 g/mol. The largest absolute Gasteiger partial charge is 0.391 e. The molecule has 2 heterocycles. The second-order valence-corrected chi connectivity index (χ2v) is 8.17. The van der Waals surface area contributed by atoms with E-state index in [-0.39, 0.29) is 6.61 Å². The number of aliphatic hydroxyl groups is 1. The van der Waals surface area contributed by atoms with Crippen LogP contribution in [0.25, 0.3) is 0 Å². The van der Waals surface area contributed by atoms with Gasteiger partial charge in [0.2, 0.25) is 10.0 Å². The van der Waals surface area contributed by atoms with Crippen LogP contribution in [-0.2, 0) is 16.6 Å². The van der Waals surface area contributed by atoms with E-state index in [1.807, 2.05) is 0 Å². The summed E-state index contributed by atoms with van der Waals surface area (Å²) in [5, 5.41) is 9.07. The third-order valence-corrected chi connectivity index (χ3v) is 6.26. The van der Waals surface area contributed by atoms with Crippen LogP contribution < -0.4 is 4.72 Å². The molecule has 7 heteroatoms. The molecule has 0 unspecified atom stereocenters. The lowest BCUT2D eigenvalue weighted by atomic mass is 10.4. The fourth-order valence-electron chi connectivity index (χ4n) is 2.46. The van der Waals surface area contributed by atoms with Gasteiger partial charge in [-0.1, -0.05) is 0 Å². The van der Waals surface area contributed by atoms with E-state index in [1.54, 1.807) is 13.0 Å². The lowest BCUT2D eigenvalue weighted by Gasteiger charge is -2.14. The van der Waals surface area contributed by atoms with Gasteiger partial charge in [0.1, 0.15) is 0 Å². The minimum atomic E-state index is -3.45. The number of likely N-dealkylation sites (tertiary alicyclic amines) is 1. The van der Waals surface area contributed by atoms with Gasteiger partial charge in [-0.3, -0.25) is 0 Å². The van der Waals surface area contributed by atoms with E-state index in [2.05, 4.69) is 9.62 Å². The smallest absolute Gasteiger partial charge is 0.241 e. The Bertz CT molecular complexity index is 534. The molecular weight excluding hydrogens is 296 g/mol. The van der Waals surface area contributed by atoms with Crippen molar-refractivity contribution < 1.29 is 13.5 Å². The van der Waals surface area contributed by atoms with Crippen molar-refractivity contribution >= 4 is 21.4 Å². The van der Waals surface area contributed by atoms with Crippen LogP contribution >= 0.6 is 11.3 Å². The summed E-state index contributed by atoms with van der Waals surface area (Å²) < 4.78 is 27.0. The molecule has 1 fully saturated rings. The molecule has 1 aromatic rings. The topological polar surface area (TPSA) is 69.6 Å². The van der Waals surface area contributed by atoms with Crippen molar-refractivity contribution in [3.05, 3.63) is 15.8 Å². The number of rotatable bonds is 7. The van der Waals surface area contributed by atoms with E-state index in [1.165, 1.54) is 24.2 Å². The maximum Gasteiger partial charge on any atom is 0.241 e. The van der Waals surface area contributed by atoms with Crippen LogP contribution in [0.2, 0.25) is 0 Å². The van der Waals surface area contributed by atoms with Gasteiger partial charge in [0.05, 0.1) is 11.5 Å². The molecule has 0 amide bonds. The highest BCUT2D eigenvalue weighted by molar-refractivity contribution is 7.89. The fraction of sp³-hybridized carbons (Fsp3) is 0.692. The van der Waals surface area contributed by atoms with Crippen LogP contribution in [0.1, 0.15) is 29.0 Å². The Balaban J connectivity index is 1.85. The van der Waals surface area contributed by atoms with Crippen molar-refractivity contribution in [1.29, 1.82) is 0 Å². The molecule has 5 nitrogen and oxygen atoms in total. The van der Waals surface area contributed by atoms with Crippen molar-refractivity contribution in [3.63, 3.8) is 0 Å². The molecule has 20 heavy (non-hydrogen) atoms. The summed E-state index contributed by atoms with van der Waals surface area (Å²) in [6.07, 6.45) is 3.34. The first kappa shape index (κ1) is 15.9. The van der Waals surface area contributed by atoms with Gasteiger partial charge in [-0.05, 0) is 51.9 Å². The molecule has 0 aliphatic carbocycles. The standard InChI is InChI=1S/C13H22N2O3S2/c1-11-13(9-12(10-16)19-11)20(17,18)14-5-4-8-15-6-2-3-7-15/h9,14,16H,2-8,10H2,1H3. The number of nitrogens with zero attached hydrogens (tertiary/aromatic N) is 1. The second kappa shape index (κ2) is 7.00. The van der Waals surface area contributed by atoms with Gasteiger partial charge in [-0.25, -0.2) is 13.1 Å². The zero-order valence-corrected chi connectivity index (χ0v) is 13.4. The van der Waals surface area contributed by atoms with Gasteiger partial charge in [0.15, 0.2) is 0 Å². The highest BCUT2D eigenvalue weighted by atomic mass is 32.2. The number of nitrogens with one attached hydrogen (secondary N) is 1. The van der Waals surface area contributed by atoms with Gasteiger partial charge < -0.3 is 10.0 Å². The molecule has 1 saturated heterocycles. The molecule has 0 radical (unpaired) electrons. The third-order valence-electron chi connectivity index (χ3n) is 3.51. The monoisotopic (exact) mass is 318 g/mol. The number of aliphatic hydroxyl groups excluding tert-OH is 1. The summed E-state index contributed by atoms with van der Waals surface area (Å²) in [4.78, 5) is 4.07. The lowest BCUT2D eigenvalue weighted by molar-refractivity contribution is 0.285. The van der Waals surface area contributed by atoms with Gasteiger partial charge in [0, 0.05) is 16.3 Å². The SMILES string of the molecule is Cc1sc(CO)cc1S(=O)(=O)NCCCN1CCCC1. The van der Waals surface area contributed by atoms with Crippen molar-refractivity contribution in [2.45, 2.75) is 37.7 Å². The molecule has 2 N–H and O–H groups in total. The Morgan fingerprint density at radius 2 is 2.10 bits per heavy atom. The third kappa shape index (κ3) is 4.02. The van der Waals surface area contributed by atoms with E-state index in [0.29, 0.717) is 16.3 Å². The molecule has 0 aromatic carbocycles.